The summed E-state index contributed by atoms with van der Waals surface area (Å²) in [5.41, 5.74) is 2.19. The number of unbranched alkanes of at least 4 members (excludes halogenated alkanes) is 4. The van der Waals surface area contributed by atoms with Crippen LogP contribution in [0.2, 0.25) is 0 Å². The molecule has 2 aliphatic heterocycles. The summed E-state index contributed by atoms with van der Waals surface area (Å²) in [4.78, 5) is 29.0. The van der Waals surface area contributed by atoms with Gasteiger partial charge in [-0.05, 0) is 38.3 Å². The first kappa shape index (κ1) is 20.2. The van der Waals surface area contributed by atoms with E-state index in [2.05, 4.69) is 38.1 Å². The predicted octanol–water partition coefficient (Wildman–Crippen LogP) is 4.75. The van der Waals surface area contributed by atoms with Crippen LogP contribution in [-0.4, -0.2) is 40.4 Å². The van der Waals surface area contributed by atoms with Crippen molar-refractivity contribution in [3.63, 3.8) is 0 Å². The largest absolute Gasteiger partial charge is 0.342 e. The second-order valence-corrected chi connectivity index (χ2v) is 9.18. The first-order valence-electron chi connectivity index (χ1n) is 10.4. The van der Waals surface area contributed by atoms with Gasteiger partial charge in [0.05, 0.1) is 10.6 Å². The number of amides is 2. The van der Waals surface area contributed by atoms with Crippen LogP contribution < -0.4 is 4.90 Å². The summed E-state index contributed by atoms with van der Waals surface area (Å²) in [6, 6.07) is 8.23. The summed E-state index contributed by atoms with van der Waals surface area (Å²) in [7, 11) is 0. The number of nitrogens with zero attached hydrogens (tertiary/aromatic N) is 2. The molecule has 1 aromatic carbocycles. The molecule has 1 aromatic rings. The smallest absolute Gasteiger partial charge is 0.238 e. The summed E-state index contributed by atoms with van der Waals surface area (Å²) in [5, 5.41) is 0. The molecular formula is C22H32N2O2S. The van der Waals surface area contributed by atoms with Gasteiger partial charge in [0, 0.05) is 25.2 Å². The molecule has 0 N–H and O–H groups in total. The Kier molecular flexibility index (Phi) is 6.85. The van der Waals surface area contributed by atoms with Gasteiger partial charge in [0.2, 0.25) is 11.8 Å². The third-order valence-corrected chi connectivity index (χ3v) is 7.32. The highest BCUT2D eigenvalue weighted by Gasteiger charge is 2.48. The van der Waals surface area contributed by atoms with Crippen molar-refractivity contribution in [1.29, 1.82) is 0 Å². The maximum atomic E-state index is 12.6. The highest BCUT2D eigenvalue weighted by Crippen LogP contribution is 2.46. The normalized spacial score (nSPS) is 19.1. The fourth-order valence-corrected chi connectivity index (χ4v) is 5.47. The van der Waals surface area contributed by atoms with Gasteiger partial charge < -0.3 is 4.90 Å². The molecule has 2 heterocycles. The van der Waals surface area contributed by atoms with Crippen LogP contribution in [0.25, 0.3) is 0 Å². The number of hydrogen-bond donors (Lipinski definition) is 0. The number of thioether (sulfide) groups is 1. The molecular weight excluding hydrogens is 356 g/mol. The number of benzene rings is 1. The van der Waals surface area contributed by atoms with E-state index < -0.39 is 0 Å². The van der Waals surface area contributed by atoms with Crippen molar-refractivity contribution in [3.05, 3.63) is 29.8 Å². The van der Waals surface area contributed by atoms with Gasteiger partial charge in [-0.3, -0.25) is 14.5 Å². The number of rotatable bonds is 7. The van der Waals surface area contributed by atoms with Gasteiger partial charge in [-0.25, -0.2) is 0 Å². The lowest BCUT2D eigenvalue weighted by Gasteiger charge is -2.44. The van der Waals surface area contributed by atoms with E-state index in [1.54, 1.807) is 11.8 Å². The number of likely N-dealkylation sites (tertiary alicyclic amines) is 1. The van der Waals surface area contributed by atoms with Crippen LogP contribution in [0, 0.1) is 6.92 Å². The average molecular weight is 389 g/mol. The summed E-state index contributed by atoms with van der Waals surface area (Å²) in [6.07, 6.45) is 8.28. The Balaban J connectivity index is 1.57. The maximum absolute atomic E-state index is 12.6. The number of hydrogen-bond acceptors (Lipinski definition) is 3. The zero-order chi connectivity index (χ0) is 19.3. The molecule has 0 aliphatic carbocycles. The van der Waals surface area contributed by atoms with Gasteiger partial charge in [-0.15, -0.1) is 11.8 Å². The average Bonchev–Trinajstić information content (AvgIpc) is 2.99. The Labute approximate surface area is 167 Å². The third-order valence-electron chi connectivity index (χ3n) is 5.81. The highest BCUT2D eigenvalue weighted by atomic mass is 32.2. The molecule has 0 bridgehead atoms. The Morgan fingerprint density at radius 2 is 1.74 bits per heavy atom. The van der Waals surface area contributed by atoms with Crippen molar-refractivity contribution in [1.82, 2.24) is 4.90 Å². The third kappa shape index (κ3) is 4.68. The second-order valence-electron chi connectivity index (χ2n) is 7.84. The van der Waals surface area contributed by atoms with E-state index in [1.807, 2.05) is 9.80 Å². The first-order valence-corrected chi connectivity index (χ1v) is 11.4. The maximum Gasteiger partial charge on any atom is 0.238 e. The van der Waals surface area contributed by atoms with Crippen molar-refractivity contribution >= 4 is 29.3 Å². The Bertz CT molecular complexity index is 651. The number of carbonyl (C=O) groups excluding carboxylic acids is 2. The molecule has 2 amide bonds. The first-order chi connectivity index (χ1) is 13.1. The molecule has 0 atom stereocenters. The van der Waals surface area contributed by atoms with Crippen LogP contribution >= 0.6 is 11.8 Å². The molecule has 0 unspecified atom stereocenters. The zero-order valence-electron chi connectivity index (χ0n) is 16.7. The van der Waals surface area contributed by atoms with Gasteiger partial charge >= 0.3 is 0 Å². The molecule has 0 radical (unpaired) electrons. The summed E-state index contributed by atoms with van der Waals surface area (Å²) < 4.78 is 0. The highest BCUT2D eigenvalue weighted by molar-refractivity contribution is 8.02. The van der Waals surface area contributed by atoms with Crippen LogP contribution in [-0.2, 0) is 9.59 Å². The van der Waals surface area contributed by atoms with Gasteiger partial charge in [-0.2, -0.15) is 0 Å². The summed E-state index contributed by atoms with van der Waals surface area (Å²) >= 11 is 1.76. The molecule has 1 spiro atoms. The van der Waals surface area contributed by atoms with Crippen molar-refractivity contribution in [3.8, 4) is 0 Å². The van der Waals surface area contributed by atoms with E-state index in [0.29, 0.717) is 12.2 Å². The lowest BCUT2D eigenvalue weighted by molar-refractivity contribution is -0.132. The van der Waals surface area contributed by atoms with Crippen molar-refractivity contribution in [2.75, 3.05) is 23.7 Å². The summed E-state index contributed by atoms with van der Waals surface area (Å²) in [5.74, 6) is 1.02. The molecule has 4 nitrogen and oxygen atoms in total. The minimum atomic E-state index is -0.176. The van der Waals surface area contributed by atoms with Crippen molar-refractivity contribution in [2.45, 2.75) is 70.1 Å². The van der Waals surface area contributed by atoms with Crippen LogP contribution in [0.3, 0.4) is 0 Å². The Morgan fingerprint density at radius 3 is 2.41 bits per heavy atom. The standard InChI is InChI=1S/C22H32N2O2S/c1-3-4-5-6-7-8-20(25)23-15-13-22(14-16-23)24(21(26)17-27-22)19-11-9-18(2)10-12-19/h9-12H,3-8,13-17H2,1-2H3. The number of carbonyl (C=O) groups is 2. The lowest BCUT2D eigenvalue weighted by Crippen LogP contribution is -2.53. The van der Waals surface area contributed by atoms with Crippen molar-refractivity contribution < 1.29 is 9.59 Å². The molecule has 2 fully saturated rings. The molecule has 5 heteroatoms. The minimum absolute atomic E-state index is 0.176. The number of piperidine rings is 1. The van der Waals surface area contributed by atoms with Gasteiger partial charge in [0.25, 0.3) is 0 Å². The Hall–Kier alpha value is -1.49. The number of anilines is 1. The molecule has 148 valence electrons. The van der Waals surface area contributed by atoms with Gasteiger partial charge in [-0.1, -0.05) is 50.3 Å². The van der Waals surface area contributed by atoms with E-state index in [9.17, 15) is 9.59 Å². The monoisotopic (exact) mass is 388 g/mol. The van der Waals surface area contributed by atoms with Gasteiger partial charge in [0.15, 0.2) is 0 Å². The van der Waals surface area contributed by atoms with E-state index in [-0.39, 0.29) is 16.7 Å². The van der Waals surface area contributed by atoms with Gasteiger partial charge in [0.1, 0.15) is 0 Å². The molecule has 2 aliphatic rings. The number of aryl methyl sites for hydroxylation is 1. The minimum Gasteiger partial charge on any atom is -0.342 e. The molecule has 27 heavy (non-hydrogen) atoms. The molecule has 3 rings (SSSR count). The lowest BCUT2D eigenvalue weighted by atomic mass is 10.00. The molecule has 0 saturated carbocycles. The Morgan fingerprint density at radius 1 is 1.07 bits per heavy atom. The second kappa shape index (κ2) is 9.13. The van der Waals surface area contributed by atoms with E-state index in [1.165, 1.54) is 24.8 Å². The van der Waals surface area contributed by atoms with E-state index in [0.717, 1.165) is 44.5 Å². The fourth-order valence-electron chi connectivity index (χ4n) is 4.14. The van der Waals surface area contributed by atoms with E-state index >= 15 is 0 Å². The molecule has 0 aromatic heterocycles. The topological polar surface area (TPSA) is 40.6 Å². The molecule has 2 saturated heterocycles. The van der Waals surface area contributed by atoms with Crippen molar-refractivity contribution in [2.24, 2.45) is 0 Å². The quantitative estimate of drug-likeness (QED) is 0.633. The van der Waals surface area contributed by atoms with E-state index in [4.69, 9.17) is 0 Å². The van der Waals surface area contributed by atoms with Crippen LogP contribution in [0.4, 0.5) is 5.69 Å². The predicted molar refractivity (Wildman–Crippen MR) is 113 cm³/mol. The van der Waals surface area contributed by atoms with Crippen LogP contribution in [0.15, 0.2) is 24.3 Å². The zero-order valence-corrected chi connectivity index (χ0v) is 17.5. The summed E-state index contributed by atoms with van der Waals surface area (Å²) in [6.45, 7) is 5.79. The fraction of sp³-hybridized carbons (Fsp3) is 0.636. The van der Waals surface area contributed by atoms with Crippen LogP contribution in [0.5, 0.6) is 0 Å². The van der Waals surface area contributed by atoms with Crippen LogP contribution in [0.1, 0.15) is 63.9 Å². The SMILES string of the molecule is CCCCCCCC(=O)N1CCC2(CC1)SCC(=O)N2c1ccc(C)cc1.